The summed E-state index contributed by atoms with van der Waals surface area (Å²) in [5.41, 5.74) is 0.159. The van der Waals surface area contributed by atoms with E-state index in [0.29, 0.717) is 38.8 Å². The van der Waals surface area contributed by atoms with E-state index >= 15 is 0 Å². The molecule has 2 fully saturated rings. The molecule has 7 heteroatoms. The second-order valence-electron chi connectivity index (χ2n) is 6.30. The van der Waals surface area contributed by atoms with E-state index in [9.17, 15) is 9.59 Å². The first-order chi connectivity index (χ1) is 11.7. The summed E-state index contributed by atoms with van der Waals surface area (Å²) in [4.78, 5) is 33.8. The lowest BCUT2D eigenvalue weighted by Crippen LogP contribution is -2.47. The van der Waals surface area contributed by atoms with E-state index in [-0.39, 0.29) is 35.3 Å². The third-order valence-electron chi connectivity index (χ3n) is 4.63. The fourth-order valence-corrected chi connectivity index (χ4v) is 3.33. The molecule has 7 nitrogen and oxygen atoms in total. The molecule has 1 saturated heterocycles. The van der Waals surface area contributed by atoms with E-state index in [2.05, 4.69) is 9.97 Å². The minimum absolute atomic E-state index is 0.0485. The number of Topliss-reactive ketones (excluding diaryl/α,β-unsaturated/α-hetero) is 1. The third kappa shape index (κ3) is 3.70. The van der Waals surface area contributed by atoms with Gasteiger partial charge in [0.1, 0.15) is 18.0 Å². The Balaban J connectivity index is 1.61. The second kappa shape index (κ2) is 7.39. The van der Waals surface area contributed by atoms with Crippen LogP contribution in [0.1, 0.15) is 44.2 Å². The van der Waals surface area contributed by atoms with Gasteiger partial charge in [0.2, 0.25) is 11.6 Å². The Kier molecular flexibility index (Phi) is 5.04. The molecule has 1 saturated carbocycles. The van der Waals surface area contributed by atoms with E-state index in [1.165, 1.54) is 12.4 Å². The first-order valence-corrected chi connectivity index (χ1v) is 8.35. The van der Waals surface area contributed by atoms with Crippen molar-refractivity contribution in [3.8, 4) is 11.9 Å². The van der Waals surface area contributed by atoms with Crippen molar-refractivity contribution in [1.82, 2.24) is 14.9 Å². The summed E-state index contributed by atoms with van der Waals surface area (Å²) in [7, 11) is 0. The smallest absolute Gasteiger partial charge is 0.251 e. The molecule has 2 aliphatic rings. The minimum atomic E-state index is -0.184. The molecule has 0 N–H and O–H groups in total. The number of nitrogens with zero attached hydrogens (tertiary/aromatic N) is 4. The first kappa shape index (κ1) is 16.4. The van der Waals surface area contributed by atoms with Gasteiger partial charge >= 0.3 is 0 Å². The number of ether oxygens (including phenoxy) is 1. The fraction of sp³-hybridized carbons (Fsp3) is 0.588. The molecule has 0 aromatic carbocycles. The molecule has 1 aliphatic heterocycles. The predicted molar refractivity (Wildman–Crippen MR) is 83.9 cm³/mol. The maximum Gasteiger partial charge on any atom is 0.251 e. The molecule has 0 radical (unpaired) electrons. The van der Waals surface area contributed by atoms with Crippen molar-refractivity contribution in [2.75, 3.05) is 13.1 Å². The summed E-state index contributed by atoms with van der Waals surface area (Å²) in [6.45, 7) is 1.21. The number of nitriles is 1. The molecule has 0 spiro atoms. The Bertz CT molecular complexity index is 660. The van der Waals surface area contributed by atoms with Gasteiger partial charge in [0.05, 0.1) is 6.54 Å². The van der Waals surface area contributed by atoms with Gasteiger partial charge in [0.15, 0.2) is 0 Å². The van der Waals surface area contributed by atoms with Gasteiger partial charge in [-0.15, -0.1) is 0 Å². The Morgan fingerprint density at radius 2 is 2.00 bits per heavy atom. The lowest BCUT2D eigenvalue weighted by Gasteiger charge is -2.35. The molecule has 1 aliphatic carbocycles. The molecule has 1 atom stereocenters. The summed E-state index contributed by atoms with van der Waals surface area (Å²) >= 11 is 0. The number of rotatable bonds is 3. The van der Waals surface area contributed by atoms with Crippen LogP contribution < -0.4 is 4.74 Å². The van der Waals surface area contributed by atoms with Crippen LogP contribution >= 0.6 is 0 Å². The maximum absolute atomic E-state index is 12.7. The topological polar surface area (TPSA) is 96.2 Å². The molecule has 2 heterocycles. The number of piperidine rings is 1. The van der Waals surface area contributed by atoms with Crippen LogP contribution in [0.25, 0.3) is 0 Å². The number of ketones is 1. The normalized spacial score (nSPS) is 22.0. The SMILES string of the molecule is N#Cc1nccnc1OC1CCCN(C(=O)C2CCC(=O)CC2)C1. The Labute approximate surface area is 140 Å². The first-order valence-electron chi connectivity index (χ1n) is 8.35. The molecular weight excluding hydrogens is 308 g/mol. The van der Waals surface area contributed by atoms with Gasteiger partial charge in [0.25, 0.3) is 5.88 Å². The van der Waals surface area contributed by atoms with Crippen LogP contribution in [-0.2, 0) is 9.59 Å². The average Bonchev–Trinajstić information content (AvgIpc) is 2.62. The van der Waals surface area contributed by atoms with Crippen LogP contribution in [0, 0.1) is 17.2 Å². The highest BCUT2D eigenvalue weighted by Crippen LogP contribution is 2.26. The van der Waals surface area contributed by atoms with Crippen LogP contribution in [0.4, 0.5) is 0 Å². The van der Waals surface area contributed by atoms with E-state index < -0.39 is 0 Å². The van der Waals surface area contributed by atoms with E-state index in [1.54, 1.807) is 0 Å². The average molecular weight is 328 g/mol. The molecule has 1 aromatic heterocycles. The zero-order valence-corrected chi connectivity index (χ0v) is 13.5. The van der Waals surface area contributed by atoms with Crippen molar-refractivity contribution in [2.24, 2.45) is 5.92 Å². The van der Waals surface area contributed by atoms with Crippen molar-refractivity contribution < 1.29 is 14.3 Å². The highest BCUT2D eigenvalue weighted by Gasteiger charge is 2.32. The highest BCUT2D eigenvalue weighted by atomic mass is 16.5. The largest absolute Gasteiger partial charge is 0.470 e. The van der Waals surface area contributed by atoms with Gasteiger partial charge in [-0.05, 0) is 25.7 Å². The molecule has 0 bridgehead atoms. The number of hydrogen-bond donors (Lipinski definition) is 0. The number of carbonyl (C=O) groups excluding carboxylic acids is 2. The number of aromatic nitrogens is 2. The zero-order valence-electron chi connectivity index (χ0n) is 13.5. The molecule has 1 amide bonds. The van der Waals surface area contributed by atoms with Crippen LogP contribution in [0.3, 0.4) is 0 Å². The van der Waals surface area contributed by atoms with Crippen LogP contribution in [0.15, 0.2) is 12.4 Å². The summed E-state index contributed by atoms with van der Waals surface area (Å²) < 4.78 is 5.82. The molecule has 1 aromatic rings. The molecular formula is C17H20N4O3. The van der Waals surface area contributed by atoms with Crippen LogP contribution in [0.5, 0.6) is 5.88 Å². The number of likely N-dealkylation sites (tertiary alicyclic amines) is 1. The van der Waals surface area contributed by atoms with Crippen LogP contribution in [-0.4, -0.2) is 45.8 Å². The fourth-order valence-electron chi connectivity index (χ4n) is 3.33. The van der Waals surface area contributed by atoms with Gasteiger partial charge in [-0.1, -0.05) is 0 Å². The van der Waals surface area contributed by atoms with Crippen molar-refractivity contribution in [3.63, 3.8) is 0 Å². The quantitative estimate of drug-likeness (QED) is 0.834. The summed E-state index contributed by atoms with van der Waals surface area (Å²) in [5.74, 6) is 0.552. The molecule has 126 valence electrons. The number of amides is 1. The number of hydrogen-bond acceptors (Lipinski definition) is 6. The Hall–Kier alpha value is -2.49. The van der Waals surface area contributed by atoms with Gasteiger partial charge in [-0.3, -0.25) is 9.59 Å². The maximum atomic E-state index is 12.7. The number of carbonyl (C=O) groups is 2. The minimum Gasteiger partial charge on any atom is -0.470 e. The monoisotopic (exact) mass is 328 g/mol. The van der Waals surface area contributed by atoms with E-state index in [4.69, 9.17) is 10.00 Å². The summed E-state index contributed by atoms with van der Waals surface area (Å²) in [5, 5.41) is 9.06. The van der Waals surface area contributed by atoms with Gasteiger partial charge < -0.3 is 9.64 Å². The van der Waals surface area contributed by atoms with Crippen LogP contribution in [0.2, 0.25) is 0 Å². The molecule has 1 unspecified atom stereocenters. The molecule has 24 heavy (non-hydrogen) atoms. The summed E-state index contributed by atoms with van der Waals surface area (Å²) in [6.07, 6.45) is 6.75. The standard InChI is InChI=1S/C17H20N4O3/c18-10-15-16(20-8-7-19-15)24-14-2-1-9-21(11-14)17(23)12-3-5-13(22)6-4-12/h7-8,12,14H,1-6,9,11H2. The third-order valence-corrected chi connectivity index (χ3v) is 4.63. The zero-order chi connectivity index (χ0) is 16.9. The van der Waals surface area contributed by atoms with Crippen molar-refractivity contribution in [1.29, 1.82) is 5.26 Å². The van der Waals surface area contributed by atoms with Crippen molar-refractivity contribution in [3.05, 3.63) is 18.1 Å². The summed E-state index contributed by atoms with van der Waals surface area (Å²) in [6, 6.07) is 1.96. The highest BCUT2D eigenvalue weighted by molar-refractivity contribution is 5.84. The Morgan fingerprint density at radius 1 is 1.25 bits per heavy atom. The van der Waals surface area contributed by atoms with E-state index in [1.807, 2.05) is 11.0 Å². The van der Waals surface area contributed by atoms with Gasteiger partial charge in [-0.2, -0.15) is 5.26 Å². The van der Waals surface area contributed by atoms with E-state index in [0.717, 1.165) is 12.8 Å². The lowest BCUT2D eigenvalue weighted by molar-refractivity contribution is -0.140. The van der Waals surface area contributed by atoms with Crippen molar-refractivity contribution in [2.45, 2.75) is 44.6 Å². The predicted octanol–water partition coefficient (Wildman–Crippen LogP) is 1.48. The second-order valence-corrected chi connectivity index (χ2v) is 6.30. The van der Waals surface area contributed by atoms with Gasteiger partial charge in [0, 0.05) is 37.7 Å². The molecule has 3 rings (SSSR count). The van der Waals surface area contributed by atoms with Crippen molar-refractivity contribution >= 4 is 11.7 Å². The lowest BCUT2D eigenvalue weighted by atomic mass is 9.87. The Morgan fingerprint density at radius 3 is 2.75 bits per heavy atom. The van der Waals surface area contributed by atoms with Gasteiger partial charge in [-0.25, -0.2) is 9.97 Å².